The second-order valence-electron chi connectivity index (χ2n) is 5.37. The minimum Gasteiger partial charge on any atom is -0.504 e. The second kappa shape index (κ2) is 5.50. The lowest BCUT2D eigenvalue weighted by molar-refractivity contribution is -0.384. The predicted molar refractivity (Wildman–Crippen MR) is 82.4 cm³/mol. The summed E-state index contributed by atoms with van der Waals surface area (Å²) in [6.07, 6.45) is 2.22. The van der Waals surface area contributed by atoms with Crippen LogP contribution in [0.1, 0.15) is 12.8 Å². The first-order valence-electron chi connectivity index (χ1n) is 6.70. The number of nitrogens with zero attached hydrogens (tertiary/aromatic N) is 2. The lowest BCUT2D eigenvalue weighted by Gasteiger charge is -2.17. The quantitative estimate of drug-likeness (QED) is 0.498. The smallest absolute Gasteiger partial charge is 0.273 e. The number of phenols is 1. The van der Waals surface area contributed by atoms with Crippen LogP contribution in [-0.4, -0.2) is 21.8 Å². The van der Waals surface area contributed by atoms with Crippen LogP contribution in [0.4, 0.5) is 11.4 Å². The van der Waals surface area contributed by atoms with Gasteiger partial charge in [0.25, 0.3) is 5.69 Å². The fourth-order valence-corrected chi connectivity index (χ4v) is 3.38. The van der Waals surface area contributed by atoms with Crippen molar-refractivity contribution in [3.63, 3.8) is 0 Å². The van der Waals surface area contributed by atoms with E-state index in [1.54, 1.807) is 6.08 Å². The van der Waals surface area contributed by atoms with Crippen molar-refractivity contribution in [1.82, 2.24) is 0 Å². The monoisotopic (exact) mass is 356 g/mol. The van der Waals surface area contributed by atoms with Gasteiger partial charge < -0.3 is 5.11 Å². The van der Waals surface area contributed by atoms with Crippen molar-refractivity contribution in [2.75, 3.05) is 4.90 Å². The number of anilines is 1. The van der Waals surface area contributed by atoms with E-state index >= 15 is 0 Å². The number of halogens is 2. The number of allylic oxidation sites excluding steroid dienone is 2. The molecule has 3 rings (SSSR count). The largest absolute Gasteiger partial charge is 0.504 e. The molecule has 1 heterocycles. The van der Waals surface area contributed by atoms with Gasteiger partial charge in [0.2, 0.25) is 11.8 Å². The average molecular weight is 357 g/mol. The highest BCUT2D eigenvalue weighted by atomic mass is 35.5. The zero-order valence-electron chi connectivity index (χ0n) is 11.5. The van der Waals surface area contributed by atoms with Crippen molar-refractivity contribution in [3.05, 3.63) is 38.4 Å². The maximum absolute atomic E-state index is 12.5. The van der Waals surface area contributed by atoms with Gasteiger partial charge in [-0.3, -0.25) is 19.7 Å². The van der Waals surface area contributed by atoms with Gasteiger partial charge in [0.15, 0.2) is 5.75 Å². The molecular weight excluding hydrogens is 347 g/mol. The molecule has 2 atom stereocenters. The molecule has 2 aliphatic rings. The van der Waals surface area contributed by atoms with Gasteiger partial charge in [0, 0.05) is 17.2 Å². The van der Waals surface area contributed by atoms with E-state index in [1.165, 1.54) is 0 Å². The first-order chi connectivity index (χ1) is 10.8. The fraction of sp³-hybridized carbons (Fsp3) is 0.286. The zero-order chi connectivity index (χ0) is 16.9. The first-order valence-corrected chi connectivity index (χ1v) is 7.46. The zero-order valence-corrected chi connectivity index (χ0v) is 13.0. The van der Waals surface area contributed by atoms with E-state index in [0.717, 1.165) is 17.0 Å². The third kappa shape index (κ3) is 2.46. The third-order valence-electron chi connectivity index (χ3n) is 4.05. The number of imide groups is 1. The summed E-state index contributed by atoms with van der Waals surface area (Å²) in [6.45, 7) is 0. The Labute approximate surface area is 140 Å². The fourth-order valence-electron chi connectivity index (χ4n) is 2.91. The summed E-state index contributed by atoms with van der Waals surface area (Å²) in [5.41, 5.74) is -0.695. The lowest BCUT2D eigenvalue weighted by atomic mass is 9.85. The minimum absolute atomic E-state index is 0.233. The van der Waals surface area contributed by atoms with Crippen molar-refractivity contribution in [2.45, 2.75) is 12.8 Å². The number of phenolic OH excluding ortho intramolecular Hbond substituents is 1. The van der Waals surface area contributed by atoms with Crippen molar-refractivity contribution < 1.29 is 19.6 Å². The summed E-state index contributed by atoms with van der Waals surface area (Å²) < 4.78 is 0. The molecule has 1 fully saturated rings. The standard InChI is InChI=1S/C14H10Cl2N2O5/c15-6-1-2-8-9(3-6)14(21)17(13(8)20)11-5-7(18(22)23)4-10(16)12(11)19/h1,4-5,8-9,19H,2-3H2/t8-,9+/m0/s1. The number of rotatable bonds is 2. The molecule has 9 heteroatoms. The molecule has 1 saturated heterocycles. The topological polar surface area (TPSA) is 101 Å². The number of nitro benzene ring substituents is 1. The highest BCUT2D eigenvalue weighted by Crippen LogP contribution is 2.45. The summed E-state index contributed by atoms with van der Waals surface area (Å²) >= 11 is 11.7. The number of benzene rings is 1. The van der Waals surface area contributed by atoms with Crippen LogP contribution >= 0.6 is 23.2 Å². The Morgan fingerprint density at radius 2 is 1.87 bits per heavy atom. The van der Waals surface area contributed by atoms with E-state index in [4.69, 9.17) is 23.2 Å². The number of hydrogen-bond donors (Lipinski definition) is 1. The number of carbonyl (C=O) groups excluding carboxylic acids is 2. The number of non-ortho nitro benzene ring substituents is 1. The summed E-state index contributed by atoms with van der Waals surface area (Å²) in [5.74, 6) is -2.82. The van der Waals surface area contributed by atoms with Crippen molar-refractivity contribution in [3.8, 4) is 5.75 Å². The average Bonchev–Trinajstić information content (AvgIpc) is 2.73. The van der Waals surface area contributed by atoms with Gasteiger partial charge in [0.05, 0.1) is 21.8 Å². The van der Waals surface area contributed by atoms with E-state index in [9.17, 15) is 24.8 Å². The molecule has 1 aliphatic carbocycles. The number of fused-ring (bicyclic) bond motifs is 1. The van der Waals surface area contributed by atoms with Crippen LogP contribution in [0.15, 0.2) is 23.2 Å². The van der Waals surface area contributed by atoms with E-state index in [2.05, 4.69) is 0 Å². The van der Waals surface area contributed by atoms with Crippen LogP contribution in [0.25, 0.3) is 0 Å². The molecular formula is C14H10Cl2N2O5. The number of aromatic hydroxyl groups is 1. The number of nitro groups is 1. The van der Waals surface area contributed by atoms with Gasteiger partial charge in [-0.15, -0.1) is 0 Å². The summed E-state index contributed by atoms with van der Waals surface area (Å²) in [5, 5.41) is 21.2. The Hall–Kier alpha value is -2.12. The molecule has 120 valence electrons. The highest BCUT2D eigenvalue weighted by molar-refractivity contribution is 6.34. The minimum atomic E-state index is -0.717. The van der Waals surface area contributed by atoms with Crippen LogP contribution in [0.5, 0.6) is 5.75 Å². The molecule has 2 amide bonds. The van der Waals surface area contributed by atoms with E-state index < -0.39 is 40.0 Å². The number of amides is 2. The molecule has 1 aliphatic heterocycles. The van der Waals surface area contributed by atoms with Gasteiger partial charge in [-0.25, -0.2) is 4.90 Å². The van der Waals surface area contributed by atoms with Crippen molar-refractivity contribution >= 4 is 46.4 Å². The molecule has 0 spiro atoms. The van der Waals surface area contributed by atoms with Crippen LogP contribution in [0.3, 0.4) is 0 Å². The van der Waals surface area contributed by atoms with Gasteiger partial charge in [0.1, 0.15) is 5.69 Å². The maximum atomic E-state index is 12.5. The molecule has 23 heavy (non-hydrogen) atoms. The predicted octanol–water partition coefficient (Wildman–Crippen LogP) is 2.98. The molecule has 0 unspecified atom stereocenters. The SMILES string of the molecule is O=C1[C@H]2CC=C(Cl)C[C@H]2C(=O)N1c1cc([N+](=O)[O-])cc(Cl)c1O. The van der Waals surface area contributed by atoms with Crippen LogP contribution < -0.4 is 4.90 Å². The Bertz CT molecular complexity index is 777. The molecule has 0 radical (unpaired) electrons. The first kappa shape index (κ1) is 15.8. The summed E-state index contributed by atoms with van der Waals surface area (Å²) in [4.78, 5) is 36.0. The second-order valence-corrected chi connectivity index (χ2v) is 6.26. The normalized spacial score (nSPS) is 23.7. The summed E-state index contributed by atoms with van der Waals surface area (Å²) in [6, 6.07) is 1.92. The Morgan fingerprint density at radius 3 is 2.52 bits per heavy atom. The van der Waals surface area contributed by atoms with Gasteiger partial charge in [-0.2, -0.15) is 0 Å². The lowest BCUT2D eigenvalue weighted by Crippen LogP contribution is -2.31. The maximum Gasteiger partial charge on any atom is 0.273 e. The van der Waals surface area contributed by atoms with E-state index in [-0.39, 0.29) is 17.1 Å². The molecule has 0 aromatic heterocycles. The Kier molecular flexibility index (Phi) is 3.77. The molecule has 0 saturated carbocycles. The van der Waals surface area contributed by atoms with Crippen LogP contribution in [0.2, 0.25) is 5.02 Å². The molecule has 0 bridgehead atoms. The molecule has 1 aromatic rings. The highest BCUT2D eigenvalue weighted by Gasteiger charge is 2.50. The third-order valence-corrected chi connectivity index (χ3v) is 4.65. The molecule has 7 nitrogen and oxygen atoms in total. The van der Waals surface area contributed by atoms with Crippen molar-refractivity contribution in [1.29, 1.82) is 0 Å². The molecule has 1 aromatic carbocycles. The Morgan fingerprint density at radius 1 is 1.22 bits per heavy atom. The van der Waals surface area contributed by atoms with Crippen LogP contribution in [-0.2, 0) is 9.59 Å². The van der Waals surface area contributed by atoms with Crippen molar-refractivity contribution in [2.24, 2.45) is 11.8 Å². The van der Waals surface area contributed by atoms with Gasteiger partial charge in [-0.05, 0) is 12.8 Å². The molecule has 1 N–H and O–H groups in total. The Balaban J connectivity index is 2.08. The number of hydrogen-bond acceptors (Lipinski definition) is 5. The van der Waals surface area contributed by atoms with E-state index in [0.29, 0.717) is 11.5 Å². The van der Waals surface area contributed by atoms with Gasteiger partial charge >= 0.3 is 0 Å². The van der Waals surface area contributed by atoms with Gasteiger partial charge in [-0.1, -0.05) is 29.3 Å². The summed E-state index contributed by atoms with van der Waals surface area (Å²) in [7, 11) is 0. The van der Waals surface area contributed by atoms with E-state index in [1.807, 2.05) is 0 Å². The number of carbonyl (C=O) groups is 2. The van der Waals surface area contributed by atoms with Crippen LogP contribution in [0, 0.1) is 22.0 Å².